The monoisotopic (exact) mass is 320 g/mol. The van der Waals surface area contributed by atoms with E-state index >= 15 is 0 Å². The van der Waals surface area contributed by atoms with Crippen molar-refractivity contribution < 1.29 is 13.2 Å². The van der Waals surface area contributed by atoms with Crippen molar-refractivity contribution >= 4 is 22.4 Å². The van der Waals surface area contributed by atoms with Gasteiger partial charge in [0.05, 0.1) is 5.75 Å². The zero-order valence-corrected chi connectivity index (χ0v) is 13.1. The van der Waals surface area contributed by atoms with Crippen LogP contribution in [-0.4, -0.2) is 50.8 Å². The van der Waals surface area contributed by atoms with Gasteiger partial charge in [0.2, 0.25) is 10.0 Å². The van der Waals surface area contributed by atoms with Crippen molar-refractivity contribution in [3.63, 3.8) is 0 Å². The largest absolute Gasteiger partial charge is 0.492 e. The normalized spacial score (nSPS) is 20.1. The molecule has 1 atom stereocenters. The number of hydrogen-bond donors (Lipinski definition) is 1. The molecule has 1 unspecified atom stereocenters. The van der Waals surface area contributed by atoms with Crippen LogP contribution in [-0.2, 0) is 10.0 Å². The van der Waals surface area contributed by atoms with Gasteiger partial charge in [-0.2, -0.15) is 4.31 Å². The molecular formula is C13H21ClN2O3S. The van der Waals surface area contributed by atoms with E-state index < -0.39 is 10.0 Å². The van der Waals surface area contributed by atoms with Crippen LogP contribution in [0.1, 0.15) is 6.92 Å². The lowest BCUT2D eigenvalue weighted by Crippen LogP contribution is -2.53. The van der Waals surface area contributed by atoms with Gasteiger partial charge in [0.15, 0.2) is 0 Å². The maximum Gasteiger partial charge on any atom is 0.217 e. The average Bonchev–Trinajstić information content (AvgIpc) is 2.40. The third-order valence-corrected chi connectivity index (χ3v) is 5.09. The van der Waals surface area contributed by atoms with E-state index in [1.165, 1.54) is 0 Å². The predicted octanol–water partition coefficient (Wildman–Crippen LogP) is 1.11. The fourth-order valence-corrected chi connectivity index (χ4v) is 3.66. The summed E-state index contributed by atoms with van der Waals surface area (Å²) in [4.78, 5) is 0. The maximum atomic E-state index is 12.2. The first-order chi connectivity index (χ1) is 9.09. The van der Waals surface area contributed by atoms with Crippen LogP contribution in [0.25, 0.3) is 0 Å². The molecule has 0 radical (unpaired) electrons. The number of para-hydroxylation sites is 1. The first-order valence-electron chi connectivity index (χ1n) is 6.48. The van der Waals surface area contributed by atoms with Crippen LogP contribution in [0.4, 0.5) is 0 Å². The first-order valence-corrected chi connectivity index (χ1v) is 8.08. The number of halogens is 1. The minimum Gasteiger partial charge on any atom is -0.492 e. The molecule has 1 saturated heterocycles. The number of nitrogens with zero attached hydrogens (tertiary/aromatic N) is 1. The molecule has 1 aromatic rings. The van der Waals surface area contributed by atoms with Gasteiger partial charge in [-0.15, -0.1) is 12.4 Å². The molecule has 0 aliphatic carbocycles. The molecule has 1 aromatic carbocycles. The van der Waals surface area contributed by atoms with E-state index in [1.54, 1.807) is 4.31 Å². The SMILES string of the molecule is CC1CNCCN1S(=O)(=O)CCOc1ccccc1.Cl. The standard InChI is InChI=1S/C13H20N2O3S.ClH/c1-12-11-14-7-8-15(12)19(16,17)10-9-18-13-5-3-2-4-6-13;/h2-6,12,14H,7-11H2,1H3;1H. The van der Waals surface area contributed by atoms with Crippen molar-refractivity contribution in [3.05, 3.63) is 30.3 Å². The van der Waals surface area contributed by atoms with Gasteiger partial charge in [0.1, 0.15) is 12.4 Å². The van der Waals surface area contributed by atoms with E-state index in [4.69, 9.17) is 4.74 Å². The van der Waals surface area contributed by atoms with E-state index in [1.807, 2.05) is 37.3 Å². The van der Waals surface area contributed by atoms with Gasteiger partial charge in [0.25, 0.3) is 0 Å². The van der Waals surface area contributed by atoms with Gasteiger partial charge < -0.3 is 10.1 Å². The quantitative estimate of drug-likeness (QED) is 0.883. The molecule has 2 rings (SSSR count). The summed E-state index contributed by atoms with van der Waals surface area (Å²) in [5.41, 5.74) is 0. The summed E-state index contributed by atoms with van der Waals surface area (Å²) < 4.78 is 31.4. The minimum atomic E-state index is -3.23. The molecule has 1 N–H and O–H groups in total. The van der Waals surface area contributed by atoms with Crippen LogP contribution in [0, 0.1) is 0 Å². The number of rotatable bonds is 5. The lowest BCUT2D eigenvalue weighted by atomic mass is 10.3. The number of hydrogen-bond acceptors (Lipinski definition) is 4. The topological polar surface area (TPSA) is 58.6 Å². The summed E-state index contributed by atoms with van der Waals surface area (Å²) in [6, 6.07) is 9.27. The smallest absolute Gasteiger partial charge is 0.217 e. The highest BCUT2D eigenvalue weighted by molar-refractivity contribution is 7.89. The second-order valence-corrected chi connectivity index (χ2v) is 6.68. The van der Waals surface area contributed by atoms with Gasteiger partial charge in [-0.3, -0.25) is 0 Å². The van der Waals surface area contributed by atoms with Crippen LogP contribution in [0.2, 0.25) is 0 Å². The van der Waals surface area contributed by atoms with Crippen LogP contribution < -0.4 is 10.1 Å². The molecule has 1 fully saturated rings. The molecule has 0 aromatic heterocycles. The van der Waals surface area contributed by atoms with Crippen molar-refractivity contribution in [1.29, 1.82) is 0 Å². The maximum absolute atomic E-state index is 12.2. The van der Waals surface area contributed by atoms with Crippen molar-refractivity contribution in [2.24, 2.45) is 0 Å². The van der Waals surface area contributed by atoms with Crippen molar-refractivity contribution in [2.75, 3.05) is 32.0 Å². The number of sulfonamides is 1. The molecule has 7 heteroatoms. The second kappa shape index (κ2) is 7.83. The van der Waals surface area contributed by atoms with E-state index in [9.17, 15) is 8.42 Å². The Hall–Kier alpha value is -0.820. The second-order valence-electron chi connectivity index (χ2n) is 4.64. The molecule has 0 bridgehead atoms. The third kappa shape index (κ3) is 4.63. The van der Waals surface area contributed by atoms with E-state index in [0.717, 1.165) is 0 Å². The lowest BCUT2D eigenvalue weighted by Gasteiger charge is -2.32. The van der Waals surface area contributed by atoms with E-state index in [-0.39, 0.29) is 30.8 Å². The molecule has 1 heterocycles. The van der Waals surface area contributed by atoms with Crippen molar-refractivity contribution in [2.45, 2.75) is 13.0 Å². The van der Waals surface area contributed by atoms with Gasteiger partial charge in [-0.1, -0.05) is 18.2 Å². The molecule has 114 valence electrons. The molecule has 5 nitrogen and oxygen atoms in total. The molecular weight excluding hydrogens is 300 g/mol. The summed E-state index contributed by atoms with van der Waals surface area (Å²) in [6.07, 6.45) is 0. The summed E-state index contributed by atoms with van der Waals surface area (Å²) in [7, 11) is -3.23. The van der Waals surface area contributed by atoms with Crippen molar-refractivity contribution in [1.82, 2.24) is 9.62 Å². The Morgan fingerprint density at radius 3 is 2.70 bits per heavy atom. The van der Waals surface area contributed by atoms with Crippen LogP contribution in [0.3, 0.4) is 0 Å². The van der Waals surface area contributed by atoms with Gasteiger partial charge in [-0.05, 0) is 19.1 Å². The fraction of sp³-hybridized carbons (Fsp3) is 0.538. The van der Waals surface area contributed by atoms with Crippen LogP contribution >= 0.6 is 12.4 Å². The average molecular weight is 321 g/mol. The van der Waals surface area contributed by atoms with E-state index in [0.29, 0.717) is 25.4 Å². The highest BCUT2D eigenvalue weighted by Crippen LogP contribution is 2.12. The third-order valence-electron chi connectivity index (χ3n) is 3.15. The summed E-state index contributed by atoms with van der Waals surface area (Å²) >= 11 is 0. The summed E-state index contributed by atoms with van der Waals surface area (Å²) in [5.74, 6) is 0.720. The number of piperazine rings is 1. The molecule has 1 aliphatic heterocycles. The van der Waals surface area contributed by atoms with Crippen LogP contribution in [0.15, 0.2) is 30.3 Å². The van der Waals surface area contributed by atoms with E-state index in [2.05, 4.69) is 5.32 Å². The highest BCUT2D eigenvalue weighted by Gasteiger charge is 2.29. The Labute approximate surface area is 126 Å². The number of ether oxygens (including phenoxy) is 1. The Kier molecular flexibility index (Phi) is 6.75. The number of benzene rings is 1. The molecule has 0 amide bonds. The molecule has 0 saturated carbocycles. The minimum absolute atomic E-state index is 0. The van der Waals surface area contributed by atoms with Crippen molar-refractivity contribution in [3.8, 4) is 5.75 Å². The van der Waals surface area contributed by atoms with Crippen LogP contribution in [0.5, 0.6) is 5.75 Å². The fourth-order valence-electron chi connectivity index (χ4n) is 2.13. The zero-order chi connectivity index (χ0) is 13.7. The summed E-state index contributed by atoms with van der Waals surface area (Å²) in [6.45, 7) is 4.06. The zero-order valence-electron chi connectivity index (χ0n) is 11.5. The van der Waals surface area contributed by atoms with Gasteiger partial charge in [-0.25, -0.2) is 8.42 Å². The Morgan fingerprint density at radius 1 is 1.35 bits per heavy atom. The molecule has 1 aliphatic rings. The number of nitrogens with one attached hydrogen (secondary N) is 1. The predicted molar refractivity (Wildman–Crippen MR) is 82.0 cm³/mol. The Bertz CT molecular complexity index is 496. The lowest BCUT2D eigenvalue weighted by molar-refractivity contribution is 0.278. The Morgan fingerprint density at radius 2 is 2.05 bits per heavy atom. The first kappa shape index (κ1) is 17.2. The highest BCUT2D eigenvalue weighted by atomic mass is 35.5. The molecule has 20 heavy (non-hydrogen) atoms. The Balaban J connectivity index is 0.00000200. The summed E-state index contributed by atoms with van der Waals surface area (Å²) in [5, 5.41) is 3.18. The van der Waals surface area contributed by atoms with Gasteiger partial charge in [0, 0.05) is 25.7 Å². The van der Waals surface area contributed by atoms with Gasteiger partial charge >= 0.3 is 0 Å². The molecule has 0 spiro atoms.